The molecule has 56 valence electrons. The average molecular weight is 142 g/mol. The third kappa shape index (κ3) is 0.814. The molecule has 1 aromatic rings. The summed E-state index contributed by atoms with van der Waals surface area (Å²) in [7, 11) is 1.52. The van der Waals surface area contributed by atoms with Crippen LogP contribution in [0.5, 0.6) is 5.88 Å². The maximum absolute atomic E-state index is 10.8. The topological polar surface area (TPSA) is 58.0 Å². The lowest BCUT2D eigenvalue weighted by molar-refractivity contribution is 0.424. The highest BCUT2D eigenvalue weighted by atomic mass is 16.3. The van der Waals surface area contributed by atoms with Gasteiger partial charge in [0.05, 0.1) is 5.69 Å². The van der Waals surface area contributed by atoms with Gasteiger partial charge in [-0.3, -0.25) is 4.57 Å². The number of rotatable bonds is 1. The number of nitrogens with one attached hydrogen (secondary N) is 1. The van der Waals surface area contributed by atoms with Crippen molar-refractivity contribution >= 4 is 0 Å². The second-order valence-electron chi connectivity index (χ2n) is 2.14. The molecule has 0 fully saturated rings. The molecule has 0 saturated carbocycles. The van der Waals surface area contributed by atoms with Crippen LogP contribution in [-0.2, 0) is 13.5 Å². The average Bonchev–Trinajstić information content (AvgIpc) is 2.17. The quantitative estimate of drug-likeness (QED) is 0.579. The van der Waals surface area contributed by atoms with Gasteiger partial charge in [0.15, 0.2) is 0 Å². The number of aromatic nitrogens is 2. The van der Waals surface area contributed by atoms with E-state index in [0.29, 0.717) is 12.1 Å². The van der Waals surface area contributed by atoms with Crippen LogP contribution < -0.4 is 5.69 Å². The van der Waals surface area contributed by atoms with Gasteiger partial charge in [-0.1, -0.05) is 6.92 Å². The first-order chi connectivity index (χ1) is 4.66. The van der Waals surface area contributed by atoms with Crippen LogP contribution >= 0.6 is 0 Å². The van der Waals surface area contributed by atoms with Crippen molar-refractivity contribution in [2.45, 2.75) is 13.3 Å². The van der Waals surface area contributed by atoms with Gasteiger partial charge in [-0.2, -0.15) is 0 Å². The van der Waals surface area contributed by atoms with E-state index in [0.717, 1.165) is 0 Å². The summed E-state index contributed by atoms with van der Waals surface area (Å²) in [6.45, 7) is 1.87. The summed E-state index contributed by atoms with van der Waals surface area (Å²) >= 11 is 0. The van der Waals surface area contributed by atoms with Crippen LogP contribution in [0.15, 0.2) is 4.79 Å². The van der Waals surface area contributed by atoms with E-state index in [-0.39, 0.29) is 11.6 Å². The highest BCUT2D eigenvalue weighted by molar-refractivity contribution is 5.17. The molecule has 0 aliphatic rings. The van der Waals surface area contributed by atoms with Crippen molar-refractivity contribution < 1.29 is 5.11 Å². The van der Waals surface area contributed by atoms with Crippen molar-refractivity contribution in [1.82, 2.24) is 9.55 Å². The number of hydrogen-bond donors (Lipinski definition) is 2. The lowest BCUT2D eigenvalue weighted by Crippen LogP contribution is -2.11. The third-order valence-corrected chi connectivity index (χ3v) is 1.50. The first-order valence-corrected chi connectivity index (χ1v) is 3.13. The molecule has 0 saturated heterocycles. The number of aromatic hydroxyl groups is 1. The molecular weight excluding hydrogens is 132 g/mol. The Bertz CT molecular complexity index is 284. The molecule has 10 heavy (non-hydrogen) atoms. The summed E-state index contributed by atoms with van der Waals surface area (Å²) < 4.78 is 1.18. The summed E-state index contributed by atoms with van der Waals surface area (Å²) in [6.07, 6.45) is 0.641. The number of aryl methyl sites for hydroxylation is 1. The zero-order valence-electron chi connectivity index (χ0n) is 6.01. The minimum absolute atomic E-state index is 0.0347. The van der Waals surface area contributed by atoms with Gasteiger partial charge in [0.1, 0.15) is 0 Å². The van der Waals surface area contributed by atoms with Crippen molar-refractivity contribution in [3.8, 4) is 5.88 Å². The van der Waals surface area contributed by atoms with Gasteiger partial charge >= 0.3 is 5.69 Å². The van der Waals surface area contributed by atoms with Crippen molar-refractivity contribution in [2.24, 2.45) is 7.05 Å². The maximum atomic E-state index is 10.8. The molecule has 4 heteroatoms. The zero-order chi connectivity index (χ0) is 7.72. The van der Waals surface area contributed by atoms with E-state index in [2.05, 4.69) is 4.98 Å². The lowest BCUT2D eigenvalue weighted by atomic mass is 10.4. The largest absolute Gasteiger partial charge is 0.493 e. The summed E-state index contributed by atoms with van der Waals surface area (Å²) in [5.41, 5.74) is 0.321. The summed E-state index contributed by atoms with van der Waals surface area (Å²) in [5, 5.41) is 9.15. The summed E-state index contributed by atoms with van der Waals surface area (Å²) in [4.78, 5) is 13.3. The number of H-pyrrole nitrogens is 1. The minimum atomic E-state index is -0.269. The minimum Gasteiger partial charge on any atom is -0.493 e. The monoisotopic (exact) mass is 142 g/mol. The number of hydrogen-bond acceptors (Lipinski definition) is 2. The third-order valence-electron chi connectivity index (χ3n) is 1.50. The van der Waals surface area contributed by atoms with Gasteiger partial charge in [0.25, 0.3) is 0 Å². The van der Waals surface area contributed by atoms with Crippen LogP contribution in [0.25, 0.3) is 0 Å². The van der Waals surface area contributed by atoms with E-state index in [1.807, 2.05) is 6.92 Å². The van der Waals surface area contributed by atoms with Crippen LogP contribution in [0.4, 0.5) is 0 Å². The van der Waals surface area contributed by atoms with Crippen LogP contribution in [-0.4, -0.2) is 14.7 Å². The first kappa shape index (κ1) is 6.92. The molecule has 0 aromatic carbocycles. The molecule has 4 nitrogen and oxygen atoms in total. The fourth-order valence-electron chi connectivity index (χ4n) is 0.814. The highest BCUT2D eigenvalue weighted by Crippen LogP contribution is 2.09. The highest BCUT2D eigenvalue weighted by Gasteiger charge is 2.05. The van der Waals surface area contributed by atoms with Gasteiger partial charge in [-0.05, 0) is 6.42 Å². The lowest BCUT2D eigenvalue weighted by Gasteiger charge is -1.91. The Morgan fingerprint density at radius 3 is 2.50 bits per heavy atom. The van der Waals surface area contributed by atoms with Crippen LogP contribution in [0.3, 0.4) is 0 Å². The molecule has 1 aromatic heterocycles. The molecule has 1 rings (SSSR count). The molecule has 0 amide bonds. The van der Waals surface area contributed by atoms with E-state index in [1.54, 1.807) is 0 Å². The molecule has 0 bridgehead atoms. The normalized spacial score (nSPS) is 10.2. The van der Waals surface area contributed by atoms with Gasteiger partial charge in [-0.25, -0.2) is 4.79 Å². The van der Waals surface area contributed by atoms with E-state index in [1.165, 1.54) is 11.6 Å². The zero-order valence-corrected chi connectivity index (χ0v) is 6.01. The number of imidazole rings is 1. The smallest absolute Gasteiger partial charge is 0.328 e. The number of nitrogens with zero attached hydrogens (tertiary/aromatic N) is 1. The second-order valence-corrected chi connectivity index (χ2v) is 2.14. The fourth-order valence-corrected chi connectivity index (χ4v) is 0.814. The van der Waals surface area contributed by atoms with E-state index in [4.69, 9.17) is 5.11 Å². The standard InChI is InChI=1S/C6H10N2O2/c1-3-4-5(9)8(2)6(10)7-4/h9H,3H2,1-2H3,(H,7,10). The molecule has 0 atom stereocenters. The Morgan fingerprint density at radius 2 is 2.30 bits per heavy atom. The maximum Gasteiger partial charge on any atom is 0.328 e. The van der Waals surface area contributed by atoms with Gasteiger partial charge in [0, 0.05) is 7.05 Å². The predicted molar refractivity (Wildman–Crippen MR) is 37.1 cm³/mol. The Kier molecular flexibility index (Phi) is 1.53. The van der Waals surface area contributed by atoms with Crippen molar-refractivity contribution in [3.05, 3.63) is 16.2 Å². The predicted octanol–water partition coefficient (Wildman–Crippen LogP) is -0.0186. The van der Waals surface area contributed by atoms with Gasteiger partial charge < -0.3 is 10.1 Å². The van der Waals surface area contributed by atoms with Crippen LogP contribution in [0.2, 0.25) is 0 Å². The second kappa shape index (κ2) is 2.21. The molecule has 1 heterocycles. The summed E-state index contributed by atoms with van der Waals surface area (Å²) in [5.74, 6) is 0.0347. The Balaban J connectivity index is 3.31. The van der Waals surface area contributed by atoms with Crippen molar-refractivity contribution in [3.63, 3.8) is 0 Å². The van der Waals surface area contributed by atoms with Crippen LogP contribution in [0, 0.1) is 0 Å². The molecule has 0 unspecified atom stereocenters. The molecule has 0 spiro atoms. The summed E-state index contributed by atoms with van der Waals surface area (Å²) in [6, 6.07) is 0. The van der Waals surface area contributed by atoms with Gasteiger partial charge in [0.2, 0.25) is 5.88 Å². The Morgan fingerprint density at radius 1 is 1.70 bits per heavy atom. The molecular formula is C6H10N2O2. The SMILES string of the molecule is CCc1[nH]c(=O)n(C)c1O. The van der Waals surface area contributed by atoms with Crippen LogP contribution in [0.1, 0.15) is 12.6 Å². The van der Waals surface area contributed by atoms with Gasteiger partial charge in [-0.15, -0.1) is 0 Å². The Hall–Kier alpha value is -1.19. The first-order valence-electron chi connectivity index (χ1n) is 3.13. The van der Waals surface area contributed by atoms with Crippen molar-refractivity contribution in [1.29, 1.82) is 0 Å². The molecule has 2 N–H and O–H groups in total. The molecule has 0 radical (unpaired) electrons. The van der Waals surface area contributed by atoms with Crippen molar-refractivity contribution in [2.75, 3.05) is 0 Å². The molecule has 0 aliphatic heterocycles. The Labute approximate surface area is 58.1 Å². The fraction of sp³-hybridized carbons (Fsp3) is 0.500. The van der Waals surface area contributed by atoms with E-state index >= 15 is 0 Å². The van der Waals surface area contributed by atoms with E-state index in [9.17, 15) is 4.79 Å². The molecule has 0 aliphatic carbocycles. The number of aromatic amines is 1. The van der Waals surface area contributed by atoms with E-state index < -0.39 is 0 Å².